The quantitative estimate of drug-likeness (QED) is 0.0820. The Morgan fingerprint density at radius 1 is 0.614 bits per heavy atom. The molecule has 8 heteroatoms. The second-order valence-electron chi connectivity index (χ2n) is 17.4. The maximum atomic E-state index is 14.8. The lowest BCUT2D eigenvalue weighted by atomic mass is 10.0. The van der Waals surface area contributed by atoms with E-state index in [1.54, 1.807) is 0 Å². The van der Waals surface area contributed by atoms with Crippen LogP contribution in [0.3, 0.4) is 0 Å². The highest BCUT2D eigenvalue weighted by atomic mass is 31.2. The van der Waals surface area contributed by atoms with E-state index in [4.69, 9.17) is 9.16 Å². The molecular weight excluding hydrogens is 740 g/mol. The summed E-state index contributed by atoms with van der Waals surface area (Å²) < 4.78 is 13.5. The average molecular weight is 802 g/mol. The highest BCUT2D eigenvalue weighted by molar-refractivity contribution is 7.88. The van der Waals surface area contributed by atoms with Crippen molar-refractivity contribution >= 4 is 48.6 Å². The molecule has 0 aliphatic carbocycles. The molecule has 3 atom stereocenters. The summed E-state index contributed by atoms with van der Waals surface area (Å²) in [5.41, 5.74) is 0.520. The number of alkyl carbamates (subject to hydrolysis) is 1. The second-order valence-corrected chi connectivity index (χ2v) is 25.3. The largest absolute Gasteiger partial charge is 0.444 e. The van der Waals surface area contributed by atoms with Crippen LogP contribution in [0.4, 0.5) is 4.79 Å². The molecule has 2 unspecified atom stereocenters. The number of rotatable bonds is 15. The Kier molecular flexibility index (Phi) is 14.4. The van der Waals surface area contributed by atoms with Crippen molar-refractivity contribution in [3.63, 3.8) is 0 Å². The first-order valence-electron chi connectivity index (χ1n) is 20.2. The number of benzene rings is 5. The van der Waals surface area contributed by atoms with E-state index in [0.717, 1.165) is 6.16 Å². The molecule has 5 aromatic carbocycles. The summed E-state index contributed by atoms with van der Waals surface area (Å²) in [5, 5.41) is 11.0. The molecule has 0 aliphatic rings. The van der Waals surface area contributed by atoms with Crippen molar-refractivity contribution in [3.05, 3.63) is 157 Å². The topological polar surface area (TPSA) is 76.7 Å². The van der Waals surface area contributed by atoms with Crippen LogP contribution in [0.2, 0.25) is 5.04 Å². The molecule has 5 rings (SSSR count). The molecule has 2 amide bonds. The van der Waals surface area contributed by atoms with Crippen LogP contribution in [0.5, 0.6) is 0 Å². The Balaban J connectivity index is 1.71. The molecule has 6 nitrogen and oxygen atoms in total. The van der Waals surface area contributed by atoms with Gasteiger partial charge in [0.2, 0.25) is 5.91 Å². The van der Waals surface area contributed by atoms with Gasteiger partial charge in [-0.3, -0.25) is 4.79 Å². The molecule has 300 valence electrons. The highest BCUT2D eigenvalue weighted by Crippen LogP contribution is 2.60. The van der Waals surface area contributed by atoms with Gasteiger partial charge in [0.25, 0.3) is 8.32 Å². The molecule has 0 fully saturated rings. The third kappa shape index (κ3) is 10.7. The molecule has 57 heavy (non-hydrogen) atoms. The monoisotopic (exact) mass is 801 g/mol. The van der Waals surface area contributed by atoms with Gasteiger partial charge in [-0.2, -0.15) is 0 Å². The standard InChI is InChI=1S/C49H61N2O4PSi/c1-37(2)45(51-47(53)54-48(4,5)6)46(52)50-44(38(3)55-57(49(7,8)9,42-31-21-13-22-32-42)43-33-23-14-24-34-43)36-56(40-27-17-11-18-28-40,41-29-19-12-20-30-41)35-39-25-15-10-16-26-39/h10-34,37-38,44-45H,35-36H2,1-9H3,(H-,50,51,52,53)/p+1/t38?,44-,45?/m1/s1. The lowest BCUT2D eigenvalue weighted by molar-refractivity contribution is -0.125. The minimum atomic E-state index is -3.06. The van der Waals surface area contributed by atoms with E-state index < -0.39 is 45.5 Å². The number of hydrogen-bond acceptors (Lipinski definition) is 4. The summed E-state index contributed by atoms with van der Waals surface area (Å²) in [5.74, 6) is -0.476. The fraction of sp³-hybridized carbons (Fsp3) is 0.347. The van der Waals surface area contributed by atoms with Crippen molar-refractivity contribution in [2.24, 2.45) is 5.92 Å². The van der Waals surface area contributed by atoms with Gasteiger partial charge in [-0.15, -0.1) is 0 Å². The molecule has 0 saturated carbocycles. The van der Waals surface area contributed by atoms with Crippen LogP contribution in [0, 0.1) is 5.92 Å². The van der Waals surface area contributed by atoms with E-state index >= 15 is 0 Å². The minimum Gasteiger partial charge on any atom is -0.444 e. The number of hydrogen-bond donors (Lipinski definition) is 2. The van der Waals surface area contributed by atoms with Gasteiger partial charge in [0.1, 0.15) is 11.6 Å². The van der Waals surface area contributed by atoms with E-state index in [9.17, 15) is 9.59 Å². The van der Waals surface area contributed by atoms with Crippen LogP contribution in [-0.4, -0.2) is 50.3 Å². The Morgan fingerprint density at radius 3 is 1.44 bits per heavy atom. The molecule has 0 bridgehead atoms. The maximum Gasteiger partial charge on any atom is 0.408 e. The van der Waals surface area contributed by atoms with Crippen molar-refractivity contribution in [1.29, 1.82) is 0 Å². The van der Waals surface area contributed by atoms with Crippen molar-refractivity contribution < 1.29 is 18.8 Å². The first-order valence-corrected chi connectivity index (χ1v) is 24.2. The molecule has 0 aromatic heterocycles. The number of carbonyl (C=O) groups is 2. The van der Waals surface area contributed by atoms with Crippen molar-refractivity contribution in [3.8, 4) is 0 Å². The summed E-state index contributed by atoms with van der Waals surface area (Å²) in [6, 6.07) is 52.2. The molecule has 5 aromatic rings. The molecule has 0 aliphatic heterocycles. The van der Waals surface area contributed by atoms with E-state index in [1.807, 2.05) is 34.6 Å². The fourth-order valence-electron chi connectivity index (χ4n) is 7.87. The van der Waals surface area contributed by atoms with Gasteiger partial charge in [0, 0.05) is 0 Å². The number of nitrogens with one attached hydrogen (secondary N) is 2. The zero-order valence-electron chi connectivity index (χ0n) is 35.2. The van der Waals surface area contributed by atoms with Crippen molar-refractivity contribution in [2.45, 2.75) is 97.3 Å². The predicted octanol–water partition coefficient (Wildman–Crippen LogP) is 8.85. The third-order valence-corrected chi connectivity index (χ3v) is 20.2. The zero-order chi connectivity index (χ0) is 41.3. The van der Waals surface area contributed by atoms with E-state index in [0.29, 0.717) is 6.16 Å². The SMILES string of the molecule is CC(C)C(NC(=O)OC(C)(C)C)C(=O)N[C@H](C[P+](Cc1ccccc1)(c1ccccc1)c1ccccc1)C(C)O[Si](c1ccccc1)(c1ccccc1)C(C)(C)C. The Labute approximate surface area is 343 Å². The third-order valence-electron chi connectivity index (χ3n) is 10.6. The molecular formula is C49H62N2O4PSi+. The molecule has 2 N–H and O–H groups in total. The van der Waals surface area contributed by atoms with Crippen LogP contribution < -0.4 is 31.6 Å². The minimum absolute atomic E-state index is 0.210. The van der Waals surface area contributed by atoms with Crippen LogP contribution in [0.15, 0.2) is 152 Å². The fourth-order valence-corrected chi connectivity index (χ4v) is 17.2. The van der Waals surface area contributed by atoms with Crippen LogP contribution in [0.1, 0.15) is 67.9 Å². The van der Waals surface area contributed by atoms with Gasteiger partial charge in [-0.05, 0) is 78.9 Å². The summed E-state index contributed by atoms with van der Waals surface area (Å²) in [4.78, 5) is 28.0. The maximum absolute atomic E-state index is 14.8. The van der Waals surface area contributed by atoms with Gasteiger partial charge in [-0.25, -0.2) is 4.79 Å². The van der Waals surface area contributed by atoms with Gasteiger partial charge in [0.15, 0.2) is 0 Å². The first-order chi connectivity index (χ1) is 27.1. The van der Waals surface area contributed by atoms with Gasteiger partial charge >= 0.3 is 6.09 Å². The number of carbonyl (C=O) groups excluding carboxylic acids is 2. The number of amides is 2. The Hall–Kier alpha value is -4.55. The molecule has 0 spiro atoms. The second kappa shape index (κ2) is 18.8. The normalized spacial score (nSPS) is 14.0. The van der Waals surface area contributed by atoms with Gasteiger partial charge < -0.3 is 19.8 Å². The Bertz CT molecular complexity index is 1920. The summed E-state index contributed by atoms with van der Waals surface area (Å²) in [6.45, 7) is 18.3. The molecule has 0 radical (unpaired) electrons. The lowest BCUT2D eigenvalue weighted by Gasteiger charge is -2.46. The highest BCUT2D eigenvalue weighted by Gasteiger charge is 2.53. The van der Waals surface area contributed by atoms with Crippen LogP contribution in [-0.2, 0) is 20.1 Å². The summed E-state index contributed by atoms with van der Waals surface area (Å²) in [6.07, 6.45) is 0.351. The molecule has 0 saturated heterocycles. The zero-order valence-corrected chi connectivity index (χ0v) is 37.1. The van der Waals surface area contributed by atoms with Crippen molar-refractivity contribution in [1.82, 2.24) is 10.6 Å². The van der Waals surface area contributed by atoms with Crippen LogP contribution >= 0.6 is 7.26 Å². The van der Waals surface area contributed by atoms with Gasteiger partial charge in [-0.1, -0.05) is 162 Å². The van der Waals surface area contributed by atoms with Crippen LogP contribution in [0.25, 0.3) is 0 Å². The van der Waals surface area contributed by atoms with E-state index in [-0.39, 0.29) is 16.9 Å². The average Bonchev–Trinajstić information content (AvgIpc) is 3.18. The van der Waals surface area contributed by atoms with Gasteiger partial charge in [0.05, 0.1) is 42.3 Å². The number of ether oxygens (including phenoxy) is 1. The molecule has 0 heterocycles. The van der Waals surface area contributed by atoms with E-state index in [1.165, 1.54) is 26.5 Å². The predicted molar refractivity (Wildman–Crippen MR) is 242 cm³/mol. The Morgan fingerprint density at radius 2 is 1.04 bits per heavy atom. The smallest absolute Gasteiger partial charge is 0.408 e. The van der Waals surface area contributed by atoms with E-state index in [2.05, 4.69) is 190 Å². The van der Waals surface area contributed by atoms with Crippen molar-refractivity contribution in [2.75, 3.05) is 6.16 Å². The summed E-state index contributed by atoms with van der Waals surface area (Å²) >= 11 is 0. The summed E-state index contributed by atoms with van der Waals surface area (Å²) in [7, 11) is -5.40. The lowest BCUT2D eigenvalue weighted by Crippen LogP contribution is -2.69. The first kappa shape index (κ1) is 43.6.